The van der Waals surface area contributed by atoms with E-state index in [0.717, 1.165) is 38.5 Å². The van der Waals surface area contributed by atoms with Gasteiger partial charge in [0.05, 0.1) is 6.61 Å². The van der Waals surface area contributed by atoms with Gasteiger partial charge in [-0.1, -0.05) is 44.9 Å². The highest BCUT2D eigenvalue weighted by molar-refractivity contribution is 7.86. The molecule has 1 fully saturated rings. The Kier molecular flexibility index (Phi) is 9.63. The first kappa shape index (κ1) is 22.1. The lowest BCUT2D eigenvalue weighted by Crippen LogP contribution is -2.36. The lowest BCUT2D eigenvalue weighted by molar-refractivity contribution is 0.0670. The van der Waals surface area contributed by atoms with Crippen LogP contribution in [0.5, 0.6) is 0 Å². The minimum Gasteiger partial charge on any atom is -0.743 e. The van der Waals surface area contributed by atoms with E-state index in [4.69, 9.17) is 4.74 Å². The van der Waals surface area contributed by atoms with Crippen LogP contribution in [0.2, 0.25) is 0 Å². The van der Waals surface area contributed by atoms with Crippen LogP contribution in [0.25, 0.3) is 0 Å². The number of hydrogen-bond donors (Lipinski definition) is 1. The zero-order valence-electron chi connectivity index (χ0n) is 14.5. The molecule has 1 rings (SSSR count). The van der Waals surface area contributed by atoms with E-state index in [-0.39, 0.29) is 18.6 Å². The molecule has 0 aliphatic heterocycles. The summed E-state index contributed by atoms with van der Waals surface area (Å²) in [4.78, 5) is 11.6. The van der Waals surface area contributed by atoms with Crippen LogP contribution in [-0.2, 0) is 14.9 Å². The summed E-state index contributed by atoms with van der Waals surface area (Å²) >= 11 is 0. The summed E-state index contributed by atoms with van der Waals surface area (Å²) in [5.74, 6) is 0. The predicted octanol–water partition coefficient (Wildman–Crippen LogP) is 3.91. The van der Waals surface area contributed by atoms with Crippen molar-refractivity contribution in [2.24, 2.45) is 0 Å². The second kappa shape index (κ2) is 10.9. The molecule has 1 amide bonds. The van der Waals surface area contributed by atoms with Crippen LogP contribution in [0.15, 0.2) is 0 Å². The smallest absolute Gasteiger partial charge is 0.407 e. The maximum absolute atomic E-state index is 12.9. The first-order valence-electron chi connectivity index (χ1n) is 8.99. The number of alkyl halides is 2. The third kappa shape index (κ3) is 9.34. The van der Waals surface area contributed by atoms with Crippen LogP contribution in [0, 0.1) is 0 Å². The Morgan fingerprint density at radius 1 is 1.04 bits per heavy atom. The third-order valence-corrected chi connectivity index (χ3v) is 5.32. The minimum absolute atomic E-state index is 0.00519. The molecule has 0 saturated heterocycles. The molecule has 0 heterocycles. The standard InChI is InChI=1S/C16H29F2NO5S/c17-16(18,25(21,22)23)12-8-3-1-2-4-9-13-24-15(20)19-14-10-6-5-7-11-14/h14H,1-13H2,(H,19,20)(H,21,22,23)/p-1. The van der Waals surface area contributed by atoms with E-state index in [1.807, 2.05) is 0 Å². The molecule has 9 heteroatoms. The number of carbonyl (C=O) groups is 1. The highest BCUT2D eigenvalue weighted by atomic mass is 32.2. The van der Waals surface area contributed by atoms with E-state index in [1.54, 1.807) is 0 Å². The maximum Gasteiger partial charge on any atom is 0.407 e. The number of hydrogen-bond acceptors (Lipinski definition) is 5. The van der Waals surface area contributed by atoms with Crippen LogP contribution >= 0.6 is 0 Å². The summed E-state index contributed by atoms with van der Waals surface area (Å²) in [6.45, 7) is 0.324. The zero-order chi connectivity index (χ0) is 18.8. The summed E-state index contributed by atoms with van der Waals surface area (Å²) in [6, 6.07) is 0.220. The van der Waals surface area contributed by atoms with Crippen molar-refractivity contribution in [3.8, 4) is 0 Å². The lowest BCUT2D eigenvalue weighted by Gasteiger charge is -2.22. The van der Waals surface area contributed by atoms with Crippen molar-refractivity contribution in [3.63, 3.8) is 0 Å². The van der Waals surface area contributed by atoms with Gasteiger partial charge in [-0.25, -0.2) is 13.2 Å². The first-order chi connectivity index (χ1) is 11.7. The molecule has 0 aromatic heterocycles. The van der Waals surface area contributed by atoms with Crippen LogP contribution in [0.3, 0.4) is 0 Å². The van der Waals surface area contributed by atoms with Crippen LogP contribution in [-0.4, -0.2) is 37.0 Å². The van der Waals surface area contributed by atoms with Crippen LogP contribution in [0.1, 0.15) is 77.0 Å². The number of unbranched alkanes of at least 4 members (excludes halogenated alkanes) is 5. The number of alkyl carbamates (subject to hydrolysis) is 1. The fourth-order valence-corrected chi connectivity index (χ4v) is 3.28. The maximum atomic E-state index is 12.9. The predicted molar refractivity (Wildman–Crippen MR) is 88.3 cm³/mol. The molecule has 0 unspecified atom stereocenters. The average Bonchev–Trinajstić information content (AvgIpc) is 2.53. The van der Waals surface area contributed by atoms with E-state index in [2.05, 4.69) is 5.32 Å². The molecule has 1 saturated carbocycles. The quantitative estimate of drug-likeness (QED) is 0.430. The first-order valence-corrected chi connectivity index (χ1v) is 10.4. The van der Waals surface area contributed by atoms with Crippen molar-refractivity contribution in [2.75, 3.05) is 6.61 Å². The molecule has 0 aromatic rings. The van der Waals surface area contributed by atoms with Crippen LogP contribution in [0.4, 0.5) is 13.6 Å². The molecule has 1 aliphatic rings. The summed E-state index contributed by atoms with van der Waals surface area (Å²) in [5, 5.41) is -1.32. The Hall–Kier alpha value is -0.960. The van der Waals surface area contributed by atoms with E-state index >= 15 is 0 Å². The van der Waals surface area contributed by atoms with E-state index in [9.17, 15) is 26.5 Å². The molecule has 0 aromatic carbocycles. The monoisotopic (exact) mass is 384 g/mol. The van der Waals surface area contributed by atoms with Gasteiger partial charge in [-0.15, -0.1) is 0 Å². The van der Waals surface area contributed by atoms with Crippen LogP contribution < -0.4 is 5.32 Å². The van der Waals surface area contributed by atoms with E-state index < -0.39 is 21.8 Å². The van der Waals surface area contributed by atoms with Gasteiger partial charge < -0.3 is 14.6 Å². The van der Waals surface area contributed by atoms with Crippen molar-refractivity contribution in [1.29, 1.82) is 0 Å². The Balaban J connectivity index is 1.94. The fraction of sp³-hybridized carbons (Fsp3) is 0.938. The van der Waals surface area contributed by atoms with E-state index in [1.165, 1.54) is 6.42 Å². The molecular formula is C16H28F2NO5S-. The molecule has 0 atom stereocenters. The van der Waals surface area contributed by atoms with Gasteiger partial charge in [0.25, 0.3) is 0 Å². The van der Waals surface area contributed by atoms with Crippen molar-refractivity contribution in [3.05, 3.63) is 0 Å². The van der Waals surface area contributed by atoms with Gasteiger partial charge >= 0.3 is 11.3 Å². The molecule has 6 nitrogen and oxygen atoms in total. The summed E-state index contributed by atoms with van der Waals surface area (Å²) in [7, 11) is -5.56. The van der Waals surface area contributed by atoms with Crippen molar-refractivity contribution < 1.29 is 31.3 Å². The van der Waals surface area contributed by atoms with Gasteiger partial charge in [0.15, 0.2) is 10.1 Å². The van der Waals surface area contributed by atoms with Gasteiger partial charge in [0.1, 0.15) is 0 Å². The molecule has 1 N–H and O–H groups in total. The fourth-order valence-electron chi connectivity index (χ4n) is 2.89. The number of halogens is 2. The normalized spacial score (nSPS) is 16.6. The zero-order valence-corrected chi connectivity index (χ0v) is 15.3. The number of nitrogens with one attached hydrogen (secondary N) is 1. The molecule has 0 bridgehead atoms. The lowest BCUT2D eigenvalue weighted by atomic mass is 9.96. The molecule has 0 radical (unpaired) electrons. The van der Waals surface area contributed by atoms with Gasteiger partial charge in [0, 0.05) is 12.5 Å². The van der Waals surface area contributed by atoms with Gasteiger partial charge in [0.2, 0.25) is 0 Å². The van der Waals surface area contributed by atoms with Gasteiger partial charge in [-0.2, -0.15) is 8.78 Å². The Morgan fingerprint density at radius 2 is 1.60 bits per heavy atom. The second-order valence-electron chi connectivity index (χ2n) is 6.58. The Bertz CT molecular complexity index is 493. The van der Waals surface area contributed by atoms with Gasteiger partial charge in [-0.3, -0.25) is 0 Å². The van der Waals surface area contributed by atoms with Crippen molar-refractivity contribution in [2.45, 2.75) is 88.3 Å². The number of amides is 1. The highest BCUT2D eigenvalue weighted by Crippen LogP contribution is 2.27. The Morgan fingerprint density at radius 3 is 2.20 bits per heavy atom. The van der Waals surface area contributed by atoms with Gasteiger partial charge in [-0.05, 0) is 25.7 Å². The summed E-state index contributed by atoms with van der Waals surface area (Å²) in [6.07, 6.45) is 7.57. The second-order valence-corrected chi connectivity index (χ2v) is 8.08. The summed E-state index contributed by atoms with van der Waals surface area (Å²) in [5.41, 5.74) is 0. The Labute approximate surface area is 148 Å². The third-order valence-electron chi connectivity index (χ3n) is 4.39. The molecular weight excluding hydrogens is 356 g/mol. The minimum atomic E-state index is -5.56. The van der Waals surface area contributed by atoms with E-state index in [0.29, 0.717) is 25.9 Å². The topological polar surface area (TPSA) is 95.5 Å². The molecule has 25 heavy (non-hydrogen) atoms. The number of carbonyl (C=O) groups excluding carboxylic acids is 1. The average molecular weight is 384 g/mol. The molecule has 148 valence electrons. The highest BCUT2D eigenvalue weighted by Gasteiger charge is 2.36. The largest absolute Gasteiger partial charge is 0.743 e. The SMILES string of the molecule is O=C(NC1CCCCC1)OCCCCCCCCC(F)(F)S(=O)(=O)[O-]. The molecule has 1 aliphatic carbocycles. The number of rotatable bonds is 11. The number of ether oxygens (including phenoxy) is 1. The van der Waals surface area contributed by atoms with Crippen molar-refractivity contribution >= 4 is 16.2 Å². The van der Waals surface area contributed by atoms with Crippen molar-refractivity contribution in [1.82, 2.24) is 5.32 Å². The summed E-state index contributed by atoms with van der Waals surface area (Å²) < 4.78 is 61.9. The molecule has 0 spiro atoms.